The average molecular weight is 189 g/mol. The van der Waals surface area contributed by atoms with Gasteiger partial charge >= 0.3 is 0 Å². The van der Waals surface area contributed by atoms with E-state index in [0.29, 0.717) is 0 Å². The fourth-order valence-electron chi connectivity index (χ4n) is 1.72. The van der Waals surface area contributed by atoms with Crippen LogP contribution in [0.2, 0.25) is 0 Å². The van der Waals surface area contributed by atoms with Crippen molar-refractivity contribution in [1.29, 1.82) is 0 Å². The smallest absolute Gasteiger partial charge is 0.107 e. The summed E-state index contributed by atoms with van der Waals surface area (Å²) in [6.07, 6.45) is 2.10. The molecule has 0 fully saturated rings. The molecule has 0 saturated heterocycles. The van der Waals surface area contributed by atoms with E-state index in [-0.39, 0.29) is 0 Å². The van der Waals surface area contributed by atoms with Crippen LogP contribution in [0.5, 0.6) is 0 Å². The summed E-state index contributed by atoms with van der Waals surface area (Å²) in [6.45, 7) is 4.18. The van der Waals surface area contributed by atoms with Crippen molar-refractivity contribution >= 4 is 16.7 Å². The molecule has 0 aliphatic rings. The van der Waals surface area contributed by atoms with Gasteiger partial charge in [0.05, 0.1) is 11.0 Å². The molecule has 0 spiro atoms. The second-order valence-electron chi connectivity index (χ2n) is 3.67. The summed E-state index contributed by atoms with van der Waals surface area (Å²) in [5.41, 5.74) is 9.78. The SMILES string of the molecule is CCCc1nc2c(C)cc(N)cc2[nH]1. The molecule has 1 heterocycles. The van der Waals surface area contributed by atoms with Gasteiger partial charge in [0.1, 0.15) is 5.82 Å². The maximum Gasteiger partial charge on any atom is 0.107 e. The number of hydrogen-bond acceptors (Lipinski definition) is 2. The summed E-state index contributed by atoms with van der Waals surface area (Å²) in [5.74, 6) is 1.05. The largest absolute Gasteiger partial charge is 0.399 e. The lowest BCUT2D eigenvalue weighted by atomic mass is 10.2. The Morgan fingerprint density at radius 1 is 1.43 bits per heavy atom. The minimum Gasteiger partial charge on any atom is -0.399 e. The van der Waals surface area contributed by atoms with Crippen LogP contribution in [-0.2, 0) is 6.42 Å². The molecule has 1 aromatic heterocycles. The number of nitrogens with zero attached hydrogens (tertiary/aromatic N) is 1. The van der Waals surface area contributed by atoms with Crippen molar-refractivity contribution in [3.05, 3.63) is 23.5 Å². The number of H-pyrrole nitrogens is 1. The number of benzene rings is 1. The van der Waals surface area contributed by atoms with Crippen molar-refractivity contribution in [1.82, 2.24) is 9.97 Å². The minimum atomic E-state index is 0.793. The number of rotatable bonds is 2. The third-order valence-corrected chi connectivity index (χ3v) is 2.34. The van der Waals surface area contributed by atoms with E-state index in [4.69, 9.17) is 5.73 Å². The van der Waals surface area contributed by atoms with Gasteiger partial charge in [0, 0.05) is 12.1 Å². The van der Waals surface area contributed by atoms with Gasteiger partial charge in [0.2, 0.25) is 0 Å². The van der Waals surface area contributed by atoms with E-state index in [2.05, 4.69) is 16.9 Å². The average Bonchev–Trinajstić information content (AvgIpc) is 2.48. The monoisotopic (exact) mass is 189 g/mol. The zero-order valence-corrected chi connectivity index (χ0v) is 8.59. The van der Waals surface area contributed by atoms with E-state index in [9.17, 15) is 0 Å². The Labute approximate surface area is 83.3 Å². The molecule has 3 heteroatoms. The van der Waals surface area contributed by atoms with Crippen LogP contribution in [0.4, 0.5) is 5.69 Å². The van der Waals surface area contributed by atoms with Crippen LogP contribution in [-0.4, -0.2) is 9.97 Å². The van der Waals surface area contributed by atoms with Crippen LogP contribution in [0.1, 0.15) is 24.7 Å². The maximum absolute atomic E-state index is 5.76. The lowest BCUT2D eigenvalue weighted by Crippen LogP contribution is -1.86. The molecule has 2 rings (SSSR count). The molecule has 3 nitrogen and oxygen atoms in total. The molecular formula is C11H15N3. The van der Waals surface area contributed by atoms with Gasteiger partial charge in [-0.1, -0.05) is 6.92 Å². The number of nitrogen functional groups attached to an aromatic ring is 1. The van der Waals surface area contributed by atoms with E-state index in [0.717, 1.165) is 41.0 Å². The van der Waals surface area contributed by atoms with Gasteiger partial charge in [-0.25, -0.2) is 4.98 Å². The van der Waals surface area contributed by atoms with E-state index in [1.165, 1.54) is 0 Å². The predicted molar refractivity (Wildman–Crippen MR) is 59.2 cm³/mol. The highest BCUT2D eigenvalue weighted by Gasteiger charge is 2.05. The molecule has 0 aliphatic carbocycles. The van der Waals surface area contributed by atoms with Gasteiger partial charge in [-0.15, -0.1) is 0 Å². The first kappa shape index (κ1) is 9.06. The highest BCUT2D eigenvalue weighted by Crippen LogP contribution is 2.20. The molecule has 0 radical (unpaired) electrons. The third-order valence-electron chi connectivity index (χ3n) is 2.34. The molecule has 0 unspecified atom stereocenters. The number of aryl methyl sites for hydroxylation is 2. The number of hydrogen-bond donors (Lipinski definition) is 2. The first-order valence-corrected chi connectivity index (χ1v) is 4.95. The normalized spacial score (nSPS) is 11.0. The quantitative estimate of drug-likeness (QED) is 0.713. The number of nitrogens with one attached hydrogen (secondary N) is 1. The molecule has 0 atom stereocenters. The summed E-state index contributed by atoms with van der Waals surface area (Å²) < 4.78 is 0. The van der Waals surface area contributed by atoms with Crippen LogP contribution < -0.4 is 5.73 Å². The van der Waals surface area contributed by atoms with Gasteiger partial charge in [-0.2, -0.15) is 0 Å². The van der Waals surface area contributed by atoms with Gasteiger partial charge < -0.3 is 10.7 Å². The lowest BCUT2D eigenvalue weighted by Gasteiger charge is -1.96. The lowest BCUT2D eigenvalue weighted by molar-refractivity contribution is 0.861. The van der Waals surface area contributed by atoms with E-state index < -0.39 is 0 Å². The second kappa shape index (κ2) is 3.33. The van der Waals surface area contributed by atoms with Crippen LogP contribution in [0.3, 0.4) is 0 Å². The van der Waals surface area contributed by atoms with Crippen LogP contribution >= 0.6 is 0 Å². The molecule has 0 bridgehead atoms. The fraction of sp³-hybridized carbons (Fsp3) is 0.364. The van der Waals surface area contributed by atoms with Crippen molar-refractivity contribution in [2.24, 2.45) is 0 Å². The Balaban J connectivity index is 2.58. The standard InChI is InChI=1S/C11H15N3/c1-3-4-10-13-9-6-8(12)5-7(2)11(9)14-10/h5-6H,3-4,12H2,1-2H3,(H,13,14). The van der Waals surface area contributed by atoms with Crippen molar-refractivity contribution in [2.45, 2.75) is 26.7 Å². The summed E-state index contributed by atoms with van der Waals surface area (Å²) in [6, 6.07) is 3.90. The first-order chi connectivity index (χ1) is 6.70. The summed E-state index contributed by atoms with van der Waals surface area (Å²) >= 11 is 0. The van der Waals surface area contributed by atoms with Crippen LogP contribution in [0, 0.1) is 6.92 Å². The Morgan fingerprint density at radius 3 is 2.93 bits per heavy atom. The number of nitrogens with two attached hydrogens (primary N) is 1. The van der Waals surface area contributed by atoms with Crippen LogP contribution in [0.15, 0.2) is 12.1 Å². The summed E-state index contributed by atoms with van der Waals surface area (Å²) in [7, 11) is 0. The van der Waals surface area contributed by atoms with Crippen molar-refractivity contribution in [2.75, 3.05) is 5.73 Å². The highest BCUT2D eigenvalue weighted by molar-refractivity contribution is 5.82. The molecule has 0 amide bonds. The number of aromatic amines is 1. The van der Waals surface area contributed by atoms with E-state index >= 15 is 0 Å². The van der Waals surface area contributed by atoms with Crippen molar-refractivity contribution in [3.63, 3.8) is 0 Å². The third kappa shape index (κ3) is 1.45. The fourth-order valence-corrected chi connectivity index (χ4v) is 1.72. The Kier molecular flexibility index (Phi) is 2.15. The van der Waals surface area contributed by atoms with Crippen molar-refractivity contribution in [3.8, 4) is 0 Å². The number of imidazole rings is 1. The molecule has 14 heavy (non-hydrogen) atoms. The van der Waals surface area contributed by atoms with Gasteiger partial charge in [-0.3, -0.25) is 0 Å². The van der Waals surface area contributed by atoms with E-state index in [1.807, 2.05) is 19.1 Å². The zero-order valence-electron chi connectivity index (χ0n) is 8.59. The zero-order chi connectivity index (χ0) is 10.1. The molecule has 0 saturated carbocycles. The summed E-state index contributed by atoms with van der Waals surface area (Å²) in [5, 5.41) is 0. The number of fused-ring (bicyclic) bond motifs is 1. The molecule has 3 N–H and O–H groups in total. The first-order valence-electron chi connectivity index (χ1n) is 4.95. The Hall–Kier alpha value is -1.51. The van der Waals surface area contributed by atoms with Crippen molar-refractivity contribution < 1.29 is 0 Å². The molecular weight excluding hydrogens is 174 g/mol. The maximum atomic E-state index is 5.76. The molecule has 1 aromatic carbocycles. The molecule has 74 valence electrons. The minimum absolute atomic E-state index is 0.793. The second-order valence-corrected chi connectivity index (χ2v) is 3.67. The number of aromatic nitrogens is 2. The van der Waals surface area contributed by atoms with E-state index in [1.54, 1.807) is 0 Å². The predicted octanol–water partition coefficient (Wildman–Crippen LogP) is 2.41. The van der Waals surface area contributed by atoms with Gasteiger partial charge in [0.25, 0.3) is 0 Å². The Morgan fingerprint density at radius 2 is 2.21 bits per heavy atom. The highest BCUT2D eigenvalue weighted by atomic mass is 14.9. The van der Waals surface area contributed by atoms with Crippen LogP contribution in [0.25, 0.3) is 11.0 Å². The summed E-state index contributed by atoms with van der Waals surface area (Å²) in [4.78, 5) is 7.82. The van der Waals surface area contributed by atoms with Gasteiger partial charge in [0.15, 0.2) is 0 Å². The Bertz CT molecular complexity index is 457. The molecule has 0 aliphatic heterocycles. The molecule has 2 aromatic rings. The number of anilines is 1. The van der Waals surface area contributed by atoms with Gasteiger partial charge in [-0.05, 0) is 31.0 Å². The topological polar surface area (TPSA) is 54.7 Å².